The number of primary amides is 1. The van der Waals surface area contributed by atoms with Crippen molar-refractivity contribution in [2.45, 2.75) is 63.2 Å². The Hall–Kier alpha value is -4.01. The number of nitrogens with zero attached hydrogens (tertiary/aromatic N) is 1. The maximum atomic E-state index is 12.8. The fourth-order valence-corrected chi connectivity index (χ4v) is 2.75. The number of aromatic amines is 1. The lowest BCUT2D eigenvalue weighted by Gasteiger charge is -2.24. The molecule has 4 unspecified atom stereocenters. The second kappa shape index (κ2) is 13.5. The van der Waals surface area contributed by atoms with Gasteiger partial charge >= 0.3 is 11.9 Å². The number of nitrogens with one attached hydrogen (secondary N) is 4. The summed E-state index contributed by atoms with van der Waals surface area (Å²) in [5, 5.41) is 25.2. The lowest BCUT2D eigenvalue weighted by molar-refractivity contribution is -0.142. The lowest BCUT2D eigenvalue weighted by atomic mass is 10.1. The van der Waals surface area contributed by atoms with Crippen LogP contribution in [-0.2, 0) is 35.2 Å². The fraction of sp³-hybridized carbons (Fsp3) is 0.526. The number of carbonyl (C=O) groups is 6. The van der Waals surface area contributed by atoms with E-state index in [0.717, 1.165) is 0 Å². The van der Waals surface area contributed by atoms with Gasteiger partial charge in [-0.2, -0.15) is 0 Å². The van der Waals surface area contributed by atoms with E-state index in [4.69, 9.17) is 16.6 Å². The third-order valence-electron chi connectivity index (χ3n) is 4.60. The first-order chi connectivity index (χ1) is 15.9. The number of imidazole rings is 1. The van der Waals surface area contributed by atoms with Gasteiger partial charge in [-0.3, -0.25) is 24.0 Å². The van der Waals surface area contributed by atoms with Crippen LogP contribution in [0.5, 0.6) is 0 Å². The second-order valence-electron chi connectivity index (χ2n) is 7.53. The molecule has 188 valence electrons. The zero-order chi connectivity index (χ0) is 25.8. The zero-order valence-electron chi connectivity index (χ0n) is 18.4. The predicted molar refractivity (Wildman–Crippen MR) is 115 cm³/mol. The number of aliphatic carboxylic acids is 2. The van der Waals surface area contributed by atoms with Gasteiger partial charge in [0, 0.05) is 31.2 Å². The van der Waals surface area contributed by atoms with Crippen molar-refractivity contribution in [2.75, 3.05) is 0 Å². The van der Waals surface area contributed by atoms with Crippen molar-refractivity contribution in [2.24, 2.45) is 11.5 Å². The predicted octanol–water partition coefficient (Wildman–Crippen LogP) is -3.03. The molecule has 10 N–H and O–H groups in total. The van der Waals surface area contributed by atoms with Crippen LogP contribution in [-0.4, -0.2) is 79.9 Å². The largest absolute Gasteiger partial charge is 0.481 e. The second-order valence-corrected chi connectivity index (χ2v) is 7.53. The van der Waals surface area contributed by atoms with E-state index in [-0.39, 0.29) is 25.7 Å². The molecular weight excluding hydrogens is 454 g/mol. The minimum atomic E-state index is -1.46. The highest BCUT2D eigenvalue weighted by atomic mass is 16.4. The molecule has 1 heterocycles. The Morgan fingerprint density at radius 3 is 2.00 bits per heavy atom. The normalized spacial score (nSPS) is 14.2. The molecule has 15 nitrogen and oxygen atoms in total. The third kappa shape index (κ3) is 10.1. The number of nitrogens with two attached hydrogens (primary N) is 2. The highest BCUT2D eigenvalue weighted by molar-refractivity contribution is 5.94. The highest BCUT2D eigenvalue weighted by Crippen LogP contribution is 2.05. The first-order valence-corrected chi connectivity index (χ1v) is 10.3. The van der Waals surface area contributed by atoms with Crippen LogP contribution in [0.2, 0.25) is 0 Å². The number of carbonyl (C=O) groups excluding carboxylic acids is 4. The first kappa shape index (κ1) is 28.0. The summed E-state index contributed by atoms with van der Waals surface area (Å²) < 4.78 is 0. The van der Waals surface area contributed by atoms with Crippen LogP contribution in [0.1, 0.15) is 38.3 Å². The van der Waals surface area contributed by atoms with E-state index in [1.54, 1.807) is 0 Å². The summed E-state index contributed by atoms with van der Waals surface area (Å²) in [6.07, 6.45) is 1.28. The Balaban J connectivity index is 3.05. The van der Waals surface area contributed by atoms with E-state index in [1.165, 1.54) is 19.4 Å². The molecule has 0 saturated heterocycles. The number of carboxylic acids is 2. The summed E-state index contributed by atoms with van der Waals surface area (Å²) >= 11 is 0. The number of aromatic nitrogens is 2. The third-order valence-corrected chi connectivity index (χ3v) is 4.60. The highest BCUT2D eigenvalue weighted by Gasteiger charge is 2.30. The maximum Gasteiger partial charge on any atom is 0.326 e. The standard InChI is InChI=1S/C19H29N7O8/c1-9(20)16(30)24-11(3-5-15(28)29)17(31)26-13(6-10-7-22-8-23-10)18(32)25-12(19(33)34)2-4-14(21)27/h7-9,11-13H,2-6,20H2,1H3,(H2,21,27)(H,22,23)(H,24,30)(H,25,32)(H,26,31)(H,28,29)(H,33,34). The SMILES string of the molecule is CC(N)C(=O)NC(CCC(=O)O)C(=O)NC(Cc1cnc[nH]1)C(=O)NC(CCC(N)=O)C(=O)O. The maximum absolute atomic E-state index is 12.8. The molecule has 0 aliphatic heterocycles. The molecule has 0 aromatic carbocycles. The molecule has 0 fully saturated rings. The average molecular weight is 483 g/mol. The zero-order valence-corrected chi connectivity index (χ0v) is 18.4. The molecular formula is C19H29N7O8. The van der Waals surface area contributed by atoms with E-state index in [1.807, 2.05) is 0 Å². The Bertz CT molecular complexity index is 887. The number of carboxylic acid groups (broad SMARTS) is 2. The molecule has 0 aliphatic carbocycles. The Morgan fingerprint density at radius 1 is 0.941 bits per heavy atom. The molecule has 0 bridgehead atoms. The van der Waals surface area contributed by atoms with Crippen molar-refractivity contribution in [3.8, 4) is 0 Å². The van der Waals surface area contributed by atoms with E-state index in [2.05, 4.69) is 25.9 Å². The van der Waals surface area contributed by atoms with Gasteiger partial charge in [0.15, 0.2) is 0 Å². The summed E-state index contributed by atoms with van der Waals surface area (Å²) in [5.74, 6) is -5.86. The molecule has 4 atom stereocenters. The Kier molecular flexibility index (Phi) is 11.1. The van der Waals surface area contributed by atoms with Gasteiger partial charge in [0.2, 0.25) is 23.6 Å². The van der Waals surface area contributed by atoms with E-state index >= 15 is 0 Å². The summed E-state index contributed by atoms with van der Waals surface area (Å²) in [4.78, 5) is 77.6. The molecule has 0 radical (unpaired) electrons. The van der Waals surface area contributed by atoms with Crippen LogP contribution < -0.4 is 27.4 Å². The Morgan fingerprint density at radius 2 is 1.50 bits per heavy atom. The van der Waals surface area contributed by atoms with Crippen LogP contribution in [0, 0.1) is 0 Å². The van der Waals surface area contributed by atoms with E-state index in [9.17, 15) is 33.9 Å². The molecule has 1 rings (SSSR count). The van der Waals surface area contributed by atoms with Gasteiger partial charge in [-0.05, 0) is 19.8 Å². The van der Waals surface area contributed by atoms with Crippen molar-refractivity contribution in [1.82, 2.24) is 25.9 Å². The van der Waals surface area contributed by atoms with Gasteiger partial charge in [-0.25, -0.2) is 9.78 Å². The van der Waals surface area contributed by atoms with E-state index in [0.29, 0.717) is 5.69 Å². The summed E-state index contributed by atoms with van der Waals surface area (Å²) in [5.41, 5.74) is 10.9. The average Bonchev–Trinajstić information content (AvgIpc) is 3.25. The molecule has 1 aromatic heterocycles. The monoisotopic (exact) mass is 483 g/mol. The van der Waals surface area contributed by atoms with Crippen LogP contribution in [0.3, 0.4) is 0 Å². The minimum Gasteiger partial charge on any atom is -0.481 e. The van der Waals surface area contributed by atoms with Gasteiger partial charge in [-0.1, -0.05) is 0 Å². The van der Waals surface area contributed by atoms with Gasteiger partial charge in [0.05, 0.1) is 12.4 Å². The van der Waals surface area contributed by atoms with Crippen molar-refractivity contribution < 1.29 is 39.0 Å². The topological polar surface area (TPSA) is 260 Å². The van der Waals surface area contributed by atoms with Gasteiger partial charge < -0.3 is 42.6 Å². The first-order valence-electron chi connectivity index (χ1n) is 10.3. The molecule has 0 saturated carbocycles. The van der Waals surface area contributed by atoms with Crippen molar-refractivity contribution in [3.63, 3.8) is 0 Å². The van der Waals surface area contributed by atoms with Crippen LogP contribution in [0.25, 0.3) is 0 Å². The molecule has 1 aromatic rings. The quantitative estimate of drug-likeness (QED) is 0.125. The van der Waals surface area contributed by atoms with E-state index < -0.39 is 66.2 Å². The van der Waals surface area contributed by atoms with Gasteiger partial charge in [0.25, 0.3) is 0 Å². The van der Waals surface area contributed by atoms with Gasteiger partial charge in [-0.15, -0.1) is 0 Å². The van der Waals surface area contributed by atoms with Crippen molar-refractivity contribution in [1.29, 1.82) is 0 Å². The Labute approximate surface area is 194 Å². The number of hydrogen-bond donors (Lipinski definition) is 8. The molecule has 15 heteroatoms. The number of hydrogen-bond acceptors (Lipinski definition) is 8. The summed E-state index contributed by atoms with van der Waals surface area (Å²) in [6, 6.07) is -5.09. The van der Waals surface area contributed by atoms with Gasteiger partial charge in [0.1, 0.15) is 18.1 Å². The summed E-state index contributed by atoms with van der Waals surface area (Å²) in [7, 11) is 0. The molecule has 0 aliphatic rings. The van der Waals surface area contributed by atoms with Crippen LogP contribution >= 0.6 is 0 Å². The molecule has 0 spiro atoms. The fourth-order valence-electron chi connectivity index (χ4n) is 2.75. The molecule has 34 heavy (non-hydrogen) atoms. The van der Waals surface area contributed by atoms with Crippen molar-refractivity contribution >= 4 is 35.6 Å². The van der Waals surface area contributed by atoms with Crippen molar-refractivity contribution in [3.05, 3.63) is 18.2 Å². The number of H-pyrrole nitrogens is 1. The van der Waals surface area contributed by atoms with Crippen LogP contribution in [0.15, 0.2) is 12.5 Å². The lowest BCUT2D eigenvalue weighted by Crippen LogP contribution is -2.57. The smallest absolute Gasteiger partial charge is 0.326 e. The minimum absolute atomic E-state index is 0.132. The number of rotatable bonds is 15. The van der Waals surface area contributed by atoms with Crippen LogP contribution in [0.4, 0.5) is 0 Å². The molecule has 4 amide bonds. The summed E-state index contributed by atoms with van der Waals surface area (Å²) in [6.45, 7) is 1.37. The number of amides is 4.